The van der Waals surface area contributed by atoms with Gasteiger partial charge in [0, 0.05) is 5.70 Å². The van der Waals surface area contributed by atoms with Gasteiger partial charge in [-0.05, 0) is 37.6 Å². The summed E-state index contributed by atoms with van der Waals surface area (Å²) in [6.07, 6.45) is 12.6. The number of rotatable bonds is 3. The SMILES string of the molecule is CC(NN)N(N)c1ccccc1.CC1=CC=C2C=CC=CC2N1. The predicted molar refractivity (Wildman–Crippen MR) is 96.9 cm³/mol. The lowest BCUT2D eigenvalue weighted by Gasteiger charge is -2.25. The van der Waals surface area contributed by atoms with Crippen LogP contribution in [0.2, 0.25) is 0 Å². The number of allylic oxidation sites excluding steroid dienone is 5. The number of anilines is 1. The first-order chi connectivity index (χ1) is 11.1. The Morgan fingerprint density at radius 1 is 1.17 bits per heavy atom. The van der Waals surface area contributed by atoms with Crippen molar-refractivity contribution >= 4 is 5.69 Å². The zero-order chi connectivity index (χ0) is 16.7. The van der Waals surface area contributed by atoms with Gasteiger partial charge in [0.1, 0.15) is 6.17 Å². The molecule has 1 aliphatic heterocycles. The fourth-order valence-electron chi connectivity index (χ4n) is 2.27. The molecule has 0 saturated carbocycles. The number of nitrogens with zero attached hydrogens (tertiary/aromatic N) is 1. The van der Waals surface area contributed by atoms with Crippen molar-refractivity contribution in [2.24, 2.45) is 11.7 Å². The maximum Gasteiger partial charge on any atom is 0.104 e. The van der Waals surface area contributed by atoms with Crippen LogP contribution in [-0.4, -0.2) is 12.2 Å². The van der Waals surface area contributed by atoms with Gasteiger partial charge in [-0.3, -0.25) is 10.9 Å². The third-order valence-corrected chi connectivity index (χ3v) is 3.68. The van der Waals surface area contributed by atoms with E-state index in [-0.39, 0.29) is 6.17 Å². The molecule has 3 rings (SSSR count). The van der Waals surface area contributed by atoms with E-state index < -0.39 is 0 Å². The van der Waals surface area contributed by atoms with E-state index in [1.165, 1.54) is 11.3 Å². The lowest BCUT2D eigenvalue weighted by molar-refractivity contribution is 0.541. The van der Waals surface area contributed by atoms with Crippen LogP contribution in [0.3, 0.4) is 0 Å². The molecule has 5 heteroatoms. The van der Waals surface area contributed by atoms with Crippen molar-refractivity contribution in [2.45, 2.75) is 26.1 Å². The van der Waals surface area contributed by atoms with E-state index in [0.29, 0.717) is 6.04 Å². The average molecular weight is 311 g/mol. The standard InChI is InChI=1S/C10H11N.C8H14N4/c1-8-6-7-9-4-2-3-5-10(9)11-8;1-7(11-9)12(10)8-5-3-2-4-6-8/h2-7,10-11H,1H3;2-7,11H,9-10H2,1H3. The number of fused-ring (bicyclic) bond motifs is 1. The molecular weight excluding hydrogens is 286 g/mol. The maximum atomic E-state index is 5.74. The van der Waals surface area contributed by atoms with Gasteiger partial charge in [-0.25, -0.2) is 11.3 Å². The van der Waals surface area contributed by atoms with E-state index in [4.69, 9.17) is 11.7 Å². The average Bonchev–Trinajstić information content (AvgIpc) is 2.61. The Hall–Kier alpha value is -2.34. The number of hydrogen-bond acceptors (Lipinski definition) is 5. The number of para-hydroxylation sites is 1. The van der Waals surface area contributed by atoms with E-state index in [1.54, 1.807) is 5.01 Å². The summed E-state index contributed by atoms with van der Waals surface area (Å²) in [6.45, 7) is 3.96. The third-order valence-electron chi connectivity index (χ3n) is 3.68. The molecule has 0 radical (unpaired) electrons. The number of hydrogen-bond donors (Lipinski definition) is 4. The molecule has 1 aromatic rings. The zero-order valence-electron chi connectivity index (χ0n) is 13.6. The van der Waals surface area contributed by atoms with Crippen molar-refractivity contribution in [3.8, 4) is 0 Å². The number of nitrogens with two attached hydrogens (primary N) is 2. The highest BCUT2D eigenvalue weighted by atomic mass is 15.5. The van der Waals surface area contributed by atoms with Gasteiger partial charge in [0.2, 0.25) is 0 Å². The van der Waals surface area contributed by atoms with Gasteiger partial charge in [0.05, 0.1) is 11.7 Å². The van der Waals surface area contributed by atoms with Crippen molar-refractivity contribution in [3.05, 3.63) is 78.1 Å². The Morgan fingerprint density at radius 3 is 2.61 bits per heavy atom. The summed E-state index contributed by atoms with van der Waals surface area (Å²) in [5.41, 5.74) is 6.08. The summed E-state index contributed by atoms with van der Waals surface area (Å²) in [4.78, 5) is 0. The van der Waals surface area contributed by atoms with E-state index in [9.17, 15) is 0 Å². The number of benzene rings is 1. The lowest BCUT2D eigenvalue weighted by atomic mass is 9.99. The number of hydrazine groups is 2. The van der Waals surface area contributed by atoms with Crippen LogP contribution >= 0.6 is 0 Å². The van der Waals surface area contributed by atoms with Crippen molar-refractivity contribution in [2.75, 3.05) is 5.01 Å². The highest BCUT2D eigenvalue weighted by molar-refractivity contribution is 5.45. The largest absolute Gasteiger partial charge is 0.378 e. The van der Waals surface area contributed by atoms with Gasteiger partial charge in [-0.1, -0.05) is 48.6 Å². The van der Waals surface area contributed by atoms with Gasteiger partial charge in [-0.15, -0.1) is 0 Å². The Kier molecular flexibility index (Phi) is 6.17. The van der Waals surface area contributed by atoms with E-state index in [1.807, 2.05) is 37.3 Å². The van der Waals surface area contributed by atoms with Gasteiger partial charge >= 0.3 is 0 Å². The highest BCUT2D eigenvalue weighted by Crippen LogP contribution is 2.16. The van der Waals surface area contributed by atoms with Crippen molar-refractivity contribution in [1.29, 1.82) is 0 Å². The molecule has 0 spiro atoms. The molecule has 2 atom stereocenters. The van der Waals surface area contributed by atoms with E-state index in [2.05, 4.69) is 54.1 Å². The summed E-state index contributed by atoms with van der Waals surface area (Å²) in [6, 6.07) is 10.1. The first kappa shape index (κ1) is 17.0. The molecule has 2 aliphatic rings. The minimum Gasteiger partial charge on any atom is -0.378 e. The molecule has 23 heavy (non-hydrogen) atoms. The molecule has 0 bridgehead atoms. The van der Waals surface area contributed by atoms with Gasteiger partial charge in [0.15, 0.2) is 0 Å². The van der Waals surface area contributed by atoms with Crippen LogP contribution in [0.5, 0.6) is 0 Å². The van der Waals surface area contributed by atoms with Crippen LogP contribution in [0.25, 0.3) is 0 Å². The quantitative estimate of drug-likeness (QED) is 0.390. The first-order valence-corrected chi connectivity index (χ1v) is 7.67. The van der Waals surface area contributed by atoms with Crippen LogP contribution in [0, 0.1) is 0 Å². The minimum absolute atomic E-state index is 0.0765. The fourth-order valence-corrected chi connectivity index (χ4v) is 2.27. The number of nitrogens with one attached hydrogen (secondary N) is 2. The van der Waals surface area contributed by atoms with Crippen LogP contribution < -0.4 is 27.4 Å². The molecule has 6 N–H and O–H groups in total. The monoisotopic (exact) mass is 311 g/mol. The van der Waals surface area contributed by atoms with Crippen LogP contribution in [0.1, 0.15) is 13.8 Å². The highest BCUT2D eigenvalue weighted by Gasteiger charge is 2.12. The molecule has 5 nitrogen and oxygen atoms in total. The molecule has 1 heterocycles. The second-order valence-electron chi connectivity index (χ2n) is 5.47. The second-order valence-corrected chi connectivity index (χ2v) is 5.47. The first-order valence-electron chi connectivity index (χ1n) is 7.67. The summed E-state index contributed by atoms with van der Waals surface area (Å²) < 4.78 is 0. The molecular formula is C18H25N5. The predicted octanol–water partition coefficient (Wildman–Crippen LogP) is 2.09. The Labute approximate surface area is 138 Å². The zero-order valence-corrected chi connectivity index (χ0v) is 13.6. The molecule has 1 aromatic carbocycles. The maximum absolute atomic E-state index is 5.74. The second kappa shape index (κ2) is 8.33. The third kappa shape index (κ3) is 4.82. The number of dihydropyridines is 1. The molecule has 122 valence electrons. The topological polar surface area (TPSA) is 79.3 Å². The van der Waals surface area contributed by atoms with Gasteiger partial charge in [-0.2, -0.15) is 0 Å². The van der Waals surface area contributed by atoms with Crippen molar-refractivity contribution in [1.82, 2.24) is 10.7 Å². The Balaban J connectivity index is 0.000000167. The molecule has 0 fully saturated rings. The summed E-state index contributed by atoms with van der Waals surface area (Å²) in [5, 5.41) is 4.94. The normalized spacial score (nSPS) is 19.4. The van der Waals surface area contributed by atoms with Crippen LogP contribution in [0.4, 0.5) is 5.69 Å². The smallest absolute Gasteiger partial charge is 0.104 e. The lowest BCUT2D eigenvalue weighted by Crippen LogP contribution is -2.50. The van der Waals surface area contributed by atoms with Crippen molar-refractivity contribution < 1.29 is 0 Å². The summed E-state index contributed by atoms with van der Waals surface area (Å²) in [5.74, 6) is 11.0. The van der Waals surface area contributed by atoms with Crippen molar-refractivity contribution in [3.63, 3.8) is 0 Å². The molecule has 1 aliphatic carbocycles. The van der Waals surface area contributed by atoms with Gasteiger partial charge in [0.25, 0.3) is 0 Å². The van der Waals surface area contributed by atoms with E-state index >= 15 is 0 Å². The minimum atomic E-state index is -0.0765. The summed E-state index contributed by atoms with van der Waals surface area (Å²) in [7, 11) is 0. The van der Waals surface area contributed by atoms with Crippen LogP contribution in [0.15, 0.2) is 78.1 Å². The van der Waals surface area contributed by atoms with Gasteiger partial charge < -0.3 is 5.32 Å². The molecule has 0 saturated heterocycles. The van der Waals surface area contributed by atoms with Crippen LogP contribution in [-0.2, 0) is 0 Å². The fraction of sp³-hybridized carbons (Fsp3) is 0.222. The van der Waals surface area contributed by atoms with E-state index in [0.717, 1.165) is 5.69 Å². The molecule has 2 unspecified atom stereocenters. The summed E-state index contributed by atoms with van der Waals surface area (Å²) >= 11 is 0. The molecule has 0 aromatic heterocycles. The Bertz CT molecular complexity index is 616. The Morgan fingerprint density at radius 2 is 1.91 bits per heavy atom. The molecule has 0 amide bonds.